The molecule has 0 amide bonds. The Labute approximate surface area is 108 Å². The standard InChI is InChI=1S/C12H12BrN3O/c13-10-4-2-1-3-9(10)8-17-12-11(7-14)15-5-6-16-12/h1-6H,7-8,14H2. The van der Waals surface area contributed by atoms with Gasteiger partial charge < -0.3 is 10.5 Å². The van der Waals surface area contributed by atoms with Crippen LogP contribution in [0.1, 0.15) is 11.3 Å². The van der Waals surface area contributed by atoms with Crippen molar-refractivity contribution < 1.29 is 4.74 Å². The molecule has 0 saturated carbocycles. The zero-order valence-corrected chi connectivity index (χ0v) is 10.7. The highest BCUT2D eigenvalue weighted by Gasteiger charge is 2.05. The van der Waals surface area contributed by atoms with Crippen molar-refractivity contribution in [3.8, 4) is 5.88 Å². The summed E-state index contributed by atoms with van der Waals surface area (Å²) >= 11 is 3.46. The van der Waals surface area contributed by atoms with Crippen molar-refractivity contribution in [2.45, 2.75) is 13.2 Å². The van der Waals surface area contributed by atoms with E-state index in [9.17, 15) is 0 Å². The molecule has 1 aromatic heterocycles. The number of hydrogen-bond donors (Lipinski definition) is 1. The van der Waals surface area contributed by atoms with Gasteiger partial charge in [0.2, 0.25) is 5.88 Å². The van der Waals surface area contributed by atoms with Gasteiger partial charge in [0.25, 0.3) is 0 Å². The molecule has 0 fully saturated rings. The van der Waals surface area contributed by atoms with Gasteiger partial charge in [0, 0.05) is 29.0 Å². The average molecular weight is 294 g/mol. The summed E-state index contributed by atoms with van der Waals surface area (Å²) in [4.78, 5) is 8.22. The van der Waals surface area contributed by atoms with Gasteiger partial charge in [-0.3, -0.25) is 4.98 Å². The van der Waals surface area contributed by atoms with Crippen LogP contribution in [0.4, 0.5) is 0 Å². The zero-order valence-electron chi connectivity index (χ0n) is 9.14. The van der Waals surface area contributed by atoms with E-state index in [4.69, 9.17) is 10.5 Å². The van der Waals surface area contributed by atoms with E-state index < -0.39 is 0 Å². The fourth-order valence-corrected chi connectivity index (χ4v) is 1.78. The first-order chi connectivity index (χ1) is 8.31. The van der Waals surface area contributed by atoms with Gasteiger partial charge >= 0.3 is 0 Å². The van der Waals surface area contributed by atoms with Gasteiger partial charge in [0.15, 0.2) is 0 Å². The maximum atomic E-state index is 5.61. The second-order valence-electron chi connectivity index (χ2n) is 3.39. The van der Waals surface area contributed by atoms with Crippen molar-refractivity contribution in [2.24, 2.45) is 5.73 Å². The minimum atomic E-state index is 0.319. The van der Waals surface area contributed by atoms with Crippen molar-refractivity contribution in [3.05, 3.63) is 52.4 Å². The van der Waals surface area contributed by atoms with E-state index in [0.717, 1.165) is 10.0 Å². The predicted molar refractivity (Wildman–Crippen MR) is 68.4 cm³/mol. The van der Waals surface area contributed by atoms with Crippen LogP contribution in [0, 0.1) is 0 Å². The molecule has 2 aromatic rings. The largest absolute Gasteiger partial charge is 0.471 e. The van der Waals surface area contributed by atoms with E-state index >= 15 is 0 Å². The Morgan fingerprint density at radius 1 is 1.18 bits per heavy atom. The van der Waals surface area contributed by atoms with E-state index in [1.807, 2.05) is 24.3 Å². The second kappa shape index (κ2) is 5.75. The number of halogens is 1. The van der Waals surface area contributed by atoms with Gasteiger partial charge in [-0.25, -0.2) is 4.98 Å². The van der Waals surface area contributed by atoms with Crippen LogP contribution in [0.3, 0.4) is 0 Å². The van der Waals surface area contributed by atoms with Gasteiger partial charge in [-0.15, -0.1) is 0 Å². The molecule has 0 bridgehead atoms. The van der Waals surface area contributed by atoms with Gasteiger partial charge in [0.05, 0.1) is 0 Å². The van der Waals surface area contributed by atoms with Crippen LogP contribution in [0.15, 0.2) is 41.1 Å². The molecule has 0 spiro atoms. The molecule has 0 atom stereocenters. The number of ether oxygens (including phenoxy) is 1. The molecule has 2 N–H and O–H groups in total. The highest BCUT2D eigenvalue weighted by molar-refractivity contribution is 9.10. The summed E-state index contributed by atoms with van der Waals surface area (Å²) in [7, 11) is 0. The molecule has 5 heteroatoms. The Kier molecular flexibility index (Phi) is 4.06. The number of aromatic nitrogens is 2. The van der Waals surface area contributed by atoms with Crippen LogP contribution in [0.2, 0.25) is 0 Å². The van der Waals surface area contributed by atoms with Gasteiger partial charge in [0.1, 0.15) is 12.3 Å². The summed E-state index contributed by atoms with van der Waals surface area (Å²) in [6.45, 7) is 0.756. The van der Waals surface area contributed by atoms with Crippen LogP contribution >= 0.6 is 15.9 Å². The molecule has 0 aliphatic carbocycles. The van der Waals surface area contributed by atoms with Crippen LogP contribution in [0.5, 0.6) is 5.88 Å². The summed E-state index contributed by atoms with van der Waals surface area (Å²) in [5, 5.41) is 0. The predicted octanol–water partition coefficient (Wildman–Crippen LogP) is 2.28. The SMILES string of the molecule is NCc1nccnc1OCc1ccccc1Br. The third-order valence-corrected chi connectivity index (χ3v) is 3.02. The zero-order chi connectivity index (χ0) is 12.1. The molecule has 0 aliphatic rings. The van der Waals surface area contributed by atoms with Crippen LogP contribution in [-0.2, 0) is 13.2 Å². The molecule has 1 aromatic carbocycles. The molecular formula is C12H12BrN3O. The first kappa shape index (κ1) is 12.0. The summed E-state index contributed by atoms with van der Waals surface area (Å²) in [5.74, 6) is 0.491. The first-order valence-electron chi connectivity index (χ1n) is 5.17. The number of nitrogens with two attached hydrogens (primary N) is 1. The third kappa shape index (κ3) is 3.01. The second-order valence-corrected chi connectivity index (χ2v) is 4.25. The summed E-state index contributed by atoms with van der Waals surface area (Å²) in [6.07, 6.45) is 3.20. The van der Waals surface area contributed by atoms with E-state index in [1.165, 1.54) is 0 Å². The number of benzene rings is 1. The monoisotopic (exact) mass is 293 g/mol. The van der Waals surface area contributed by atoms with Crippen LogP contribution < -0.4 is 10.5 Å². The normalized spacial score (nSPS) is 10.2. The Morgan fingerprint density at radius 3 is 2.71 bits per heavy atom. The highest BCUT2D eigenvalue weighted by atomic mass is 79.9. The topological polar surface area (TPSA) is 61.0 Å². The fraction of sp³-hybridized carbons (Fsp3) is 0.167. The van der Waals surface area contributed by atoms with Crippen molar-refractivity contribution in [1.82, 2.24) is 9.97 Å². The Morgan fingerprint density at radius 2 is 1.94 bits per heavy atom. The van der Waals surface area contributed by atoms with Crippen molar-refractivity contribution in [1.29, 1.82) is 0 Å². The van der Waals surface area contributed by atoms with Crippen LogP contribution in [0.25, 0.3) is 0 Å². The molecule has 17 heavy (non-hydrogen) atoms. The van der Waals surface area contributed by atoms with Crippen LogP contribution in [-0.4, -0.2) is 9.97 Å². The minimum Gasteiger partial charge on any atom is -0.471 e. The molecule has 0 aliphatic heterocycles. The molecule has 0 unspecified atom stereocenters. The number of nitrogens with zero attached hydrogens (tertiary/aromatic N) is 2. The first-order valence-corrected chi connectivity index (χ1v) is 5.96. The smallest absolute Gasteiger partial charge is 0.237 e. The molecule has 4 nitrogen and oxygen atoms in total. The number of rotatable bonds is 4. The molecule has 0 saturated heterocycles. The molecule has 2 rings (SSSR count). The average Bonchev–Trinajstić information content (AvgIpc) is 2.38. The Bertz CT molecular complexity index is 505. The highest BCUT2D eigenvalue weighted by Crippen LogP contribution is 2.18. The van der Waals surface area contributed by atoms with E-state index in [0.29, 0.717) is 24.7 Å². The molecular weight excluding hydrogens is 282 g/mol. The molecule has 1 heterocycles. The van der Waals surface area contributed by atoms with Gasteiger partial charge in [-0.2, -0.15) is 0 Å². The summed E-state index contributed by atoms with van der Waals surface area (Å²) in [6, 6.07) is 7.88. The quantitative estimate of drug-likeness (QED) is 0.939. The van der Waals surface area contributed by atoms with E-state index in [1.54, 1.807) is 12.4 Å². The minimum absolute atomic E-state index is 0.319. The Balaban J connectivity index is 2.10. The summed E-state index contributed by atoms with van der Waals surface area (Å²) < 4.78 is 6.62. The van der Waals surface area contributed by atoms with E-state index in [-0.39, 0.29) is 0 Å². The van der Waals surface area contributed by atoms with Gasteiger partial charge in [-0.1, -0.05) is 34.1 Å². The van der Waals surface area contributed by atoms with Crippen molar-refractivity contribution >= 4 is 15.9 Å². The maximum Gasteiger partial charge on any atom is 0.237 e. The van der Waals surface area contributed by atoms with Crippen molar-refractivity contribution in [2.75, 3.05) is 0 Å². The Hall–Kier alpha value is -1.46. The lowest BCUT2D eigenvalue weighted by Gasteiger charge is -2.09. The van der Waals surface area contributed by atoms with Crippen molar-refractivity contribution in [3.63, 3.8) is 0 Å². The number of hydrogen-bond acceptors (Lipinski definition) is 4. The lowest BCUT2D eigenvalue weighted by molar-refractivity contribution is 0.288. The molecule has 88 valence electrons. The molecule has 0 radical (unpaired) electrons. The van der Waals surface area contributed by atoms with Gasteiger partial charge in [-0.05, 0) is 6.07 Å². The third-order valence-electron chi connectivity index (χ3n) is 2.25. The maximum absolute atomic E-state index is 5.61. The lowest BCUT2D eigenvalue weighted by Crippen LogP contribution is -2.06. The van der Waals surface area contributed by atoms with E-state index in [2.05, 4.69) is 25.9 Å². The lowest BCUT2D eigenvalue weighted by atomic mass is 10.2. The fourth-order valence-electron chi connectivity index (χ4n) is 1.38. The summed E-state index contributed by atoms with van der Waals surface area (Å²) in [5.41, 5.74) is 7.28.